The molecule has 38 heavy (non-hydrogen) atoms. The first-order valence-electron chi connectivity index (χ1n) is 13.1. The van der Waals surface area contributed by atoms with E-state index in [9.17, 15) is 13.2 Å². The van der Waals surface area contributed by atoms with Gasteiger partial charge in [-0.2, -0.15) is 0 Å². The predicted molar refractivity (Wildman–Crippen MR) is 150 cm³/mol. The van der Waals surface area contributed by atoms with E-state index < -0.39 is 10.0 Å². The molecule has 0 bridgehead atoms. The van der Waals surface area contributed by atoms with Crippen LogP contribution in [0.25, 0.3) is 11.1 Å². The molecule has 0 spiro atoms. The number of aryl methyl sites for hydroxylation is 2. The number of ketones is 1. The number of hydrogen-bond donors (Lipinski definition) is 1. The highest BCUT2D eigenvalue weighted by Crippen LogP contribution is 2.33. The van der Waals surface area contributed by atoms with E-state index in [1.807, 2.05) is 31.2 Å². The van der Waals surface area contributed by atoms with Gasteiger partial charge >= 0.3 is 0 Å². The van der Waals surface area contributed by atoms with Crippen molar-refractivity contribution in [3.05, 3.63) is 64.9 Å². The summed E-state index contributed by atoms with van der Waals surface area (Å²) in [5.41, 5.74) is 4.06. The third-order valence-electron chi connectivity index (χ3n) is 7.15. The fourth-order valence-electron chi connectivity index (χ4n) is 5.07. The molecule has 9 heteroatoms. The average Bonchev–Trinajstić information content (AvgIpc) is 3.38. The second-order valence-electron chi connectivity index (χ2n) is 9.92. The second kappa shape index (κ2) is 11.1. The molecule has 2 heterocycles. The first kappa shape index (κ1) is 27.6. The Hall–Kier alpha value is -3.46. The van der Waals surface area contributed by atoms with Crippen molar-refractivity contribution in [2.45, 2.75) is 84.3 Å². The Labute approximate surface area is 225 Å². The number of nitrogens with zero attached hydrogens (tertiary/aromatic N) is 3. The van der Waals surface area contributed by atoms with Crippen LogP contribution in [0.15, 0.2) is 56.9 Å². The molecule has 202 valence electrons. The number of aliphatic imine (C=N–C) groups is 1. The van der Waals surface area contributed by atoms with Gasteiger partial charge < -0.3 is 9.42 Å². The number of Topliss-reactive ketones (excluding diaryl/α,β-unsaturated/α-hetero) is 1. The molecule has 2 aromatic carbocycles. The van der Waals surface area contributed by atoms with Gasteiger partial charge in [0.05, 0.1) is 10.9 Å². The predicted octanol–water partition coefficient (Wildman–Crippen LogP) is 5.82. The molecule has 3 aromatic rings. The summed E-state index contributed by atoms with van der Waals surface area (Å²) in [5, 5.41) is 3.85. The van der Waals surface area contributed by atoms with E-state index in [1.54, 1.807) is 32.9 Å². The van der Waals surface area contributed by atoms with Crippen molar-refractivity contribution < 1.29 is 17.7 Å². The third-order valence-corrected chi connectivity index (χ3v) is 8.55. The Kier molecular flexibility index (Phi) is 8.06. The van der Waals surface area contributed by atoms with E-state index in [0.717, 1.165) is 41.8 Å². The molecule has 0 fully saturated rings. The lowest BCUT2D eigenvalue weighted by Crippen LogP contribution is -2.43. The molecule has 0 amide bonds. The van der Waals surface area contributed by atoms with Crippen molar-refractivity contribution in [1.29, 1.82) is 0 Å². The molecule has 1 aromatic heterocycles. The maximum Gasteiger partial charge on any atom is 0.263 e. The molecule has 0 saturated heterocycles. The van der Waals surface area contributed by atoms with Crippen molar-refractivity contribution in [3.63, 3.8) is 0 Å². The lowest BCUT2D eigenvalue weighted by Gasteiger charge is -2.29. The Morgan fingerprint density at radius 2 is 1.82 bits per heavy atom. The van der Waals surface area contributed by atoms with Crippen LogP contribution < -0.4 is 4.72 Å². The van der Waals surface area contributed by atoms with Gasteiger partial charge in [-0.3, -0.25) is 14.5 Å². The maximum atomic E-state index is 13.4. The van der Waals surface area contributed by atoms with Gasteiger partial charge in [-0.15, -0.1) is 0 Å². The van der Waals surface area contributed by atoms with Crippen molar-refractivity contribution in [1.82, 2.24) is 10.1 Å². The van der Waals surface area contributed by atoms with Crippen LogP contribution in [0.3, 0.4) is 0 Å². The Balaban J connectivity index is 1.65. The van der Waals surface area contributed by atoms with E-state index >= 15 is 0 Å². The van der Waals surface area contributed by atoms with Crippen molar-refractivity contribution in [2.75, 3.05) is 4.72 Å². The average molecular weight is 537 g/mol. The molecule has 1 aliphatic heterocycles. The van der Waals surface area contributed by atoms with E-state index in [4.69, 9.17) is 9.52 Å². The van der Waals surface area contributed by atoms with Gasteiger partial charge in [0.15, 0.2) is 11.6 Å². The van der Waals surface area contributed by atoms with Crippen LogP contribution in [0.2, 0.25) is 0 Å². The fourth-order valence-corrected chi connectivity index (χ4v) is 6.35. The summed E-state index contributed by atoms with van der Waals surface area (Å²) in [4.78, 5) is 19.8. The topological polar surface area (TPSA) is 105 Å². The highest BCUT2D eigenvalue weighted by molar-refractivity contribution is 7.92. The number of carbonyl (C=O) groups is 1. The van der Waals surface area contributed by atoms with Crippen molar-refractivity contribution >= 4 is 27.5 Å². The van der Waals surface area contributed by atoms with E-state index in [2.05, 4.69) is 34.7 Å². The minimum Gasteiger partial charge on any atom is -0.359 e. The lowest BCUT2D eigenvalue weighted by atomic mass is 9.97. The summed E-state index contributed by atoms with van der Waals surface area (Å²) in [6.45, 7) is 11.9. The summed E-state index contributed by atoms with van der Waals surface area (Å²) in [7, 11) is -3.92. The molecule has 0 aliphatic carbocycles. The number of hydrogen-bond acceptors (Lipinski definition) is 7. The number of sulfonamides is 1. The van der Waals surface area contributed by atoms with Crippen LogP contribution in [-0.4, -0.2) is 42.2 Å². The largest absolute Gasteiger partial charge is 0.359 e. The number of nitrogens with one attached hydrogen (secondary N) is 1. The van der Waals surface area contributed by atoms with Crippen LogP contribution >= 0.6 is 0 Å². The minimum atomic E-state index is -3.92. The molecule has 8 nitrogen and oxygen atoms in total. The normalized spacial score (nSPS) is 17.5. The molecule has 1 aliphatic rings. The molecule has 0 saturated carbocycles. The van der Waals surface area contributed by atoms with Gasteiger partial charge in [-0.1, -0.05) is 55.4 Å². The standard InChI is InChI=1S/C29H36N4O4S/c1-7-11-27-30-25(8-2)28(20(5)34)33(27)17-22-14-15-23(18(3)16-22)24-12-9-10-13-26(24)38(35,36)32-29-19(4)21(6)37-31-29/h9-10,12-16,25,28H,7-8,11,17H2,1-6H3,(H,31,32). The first-order valence-corrected chi connectivity index (χ1v) is 14.5. The molecular formula is C29H36N4O4S. The number of carbonyl (C=O) groups excluding carboxylic acids is 1. The highest BCUT2D eigenvalue weighted by atomic mass is 32.2. The van der Waals surface area contributed by atoms with Gasteiger partial charge in [0, 0.05) is 24.1 Å². The summed E-state index contributed by atoms with van der Waals surface area (Å²) >= 11 is 0. The monoisotopic (exact) mass is 536 g/mol. The van der Waals surface area contributed by atoms with Crippen LogP contribution in [0.5, 0.6) is 0 Å². The second-order valence-corrected chi connectivity index (χ2v) is 11.6. The zero-order chi connectivity index (χ0) is 27.6. The Morgan fingerprint density at radius 1 is 1.08 bits per heavy atom. The van der Waals surface area contributed by atoms with Crippen LogP contribution in [0.1, 0.15) is 62.5 Å². The molecule has 1 N–H and O–H groups in total. The van der Waals surface area contributed by atoms with Gasteiger partial charge in [0.1, 0.15) is 17.6 Å². The number of anilines is 1. The van der Waals surface area contributed by atoms with Crippen LogP contribution in [0.4, 0.5) is 5.82 Å². The van der Waals surface area contributed by atoms with Crippen LogP contribution in [0, 0.1) is 20.8 Å². The molecular weight excluding hydrogens is 500 g/mol. The fraction of sp³-hybridized carbons (Fsp3) is 0.414. The van der Waals surface area contributed by atoms with E-state index in [-0.39, 0.29) is 28.6 Å². The van der Waals surface area contributed by atoms with Gasteiger partial charge in [-0.25, -0.2) is 8.42 Å². The number of aromatic nitrogens is 1. The number of amidine groups is 1. The zero-order valence-corrected chi connectivity index (χ0v) is 23.7. The van der Waals surface area contributed by atoms with Gasteiger partial charge in [-0.05, 0) is 63.3 Å². The Morgan fingerprint density at radius 3 is 2.42 bits per heavy atom. The summed E-state index contributed by atoms with van der Waals surface area (Å²) in [6, 6.07) is 12.7. The van der Waals surface area contributed by atoms with Crippen molar-refractivity contribution in [2.24, 2.45) is 4.99 Å². The maximum absolute atomic E-state index is 13.4. The summed E-state index contributed by atoms with van der Waals surface area (Å²) in [5.74, 6) is 1.86. The molecule has 2 unspecified atom stereocenters. The summed E-state index contributed by atoms with van der Waals surface area (Å²) in [6.07, 6.45) is 2.61. The lowest BCUT2D eigenvalue weighted by molar-refractivity contribution is -0.121. The minimum absolute atomic E-state index is 0.0175. The Bertz CT molecular complexity index is 1480. The molecule has 0 radical (unpaired) electrons. The SMILES string of the molecule is CCCC1=NC(CC)C(C(C)=O)N1Cc1ccc(-c2ccccc2S(=O)(=O)Nc2noc(C)c2C)c(C)c1. The summed E-state index contributed by atoms with van der Waals surface area (Å²) < 4.78 is 34.5. The number of rotatable bonds is 10. The third kappa shape index (κ3) is 5.38. The highest BCUT2D eigenvalue weighted by Gasteiger charge is 2.37. The first-order chi connectivity index (χ1) is 18.1. The quantitative estimate of drug-likeness (QED) is 0.350. The van der Waals surface area contributed by atoms with Crippen molar-refractivity contribution in [3.8, 4) is 11.1 Å². The smallest absolute Gasteiger partial charge is 0.263 e. The van der Waals surface area contributed by atoms with Gasteiger partial charge in [0.2, 0.25) is 0 Å². The van der Waals surface area contributed by atoms with Gasteiger partial charge in [0.25, 0.3) is 10.0 Å². The van der Waals surface area contributed by atoms with Crippen LogP contribution in [-0.2, 0) is 21.4 Å². The molecule has 4 rings (SSSR count). The van der Waals surface area contributed by atoms with E-state index in [0.29, 0.717) is 23.4 Å². The zero-order valence-electron chi connectivity index (χ0n) is 22.9. The van der Waals surface area contributed by atoms with E-state index in [1.165, 1.54) is 0 Å². The number of benzene rings is 2. The molecule has 2 atom stereocenters.